The smallest absolute Gasteiger partial charge is 0.203 e. The summed E-state index contributed by atoms with van der Waals surface area (Å²) in [4.78, 5) is 0. The van der Waals surface area contributed by atoms with E-state index in [9.17, 15) is 5.11 Å². The second kappa shape index (κ2) is 5.67. The van der Waals surface area contributed by atoms with Gasteiger partial charge in [0.1, 0.15) is 11.9 Å². The van der Waals surface area contributed by atoms with E-state index < -0.39 is 6.10 Å². The van der Waals surface area contributed by atoms with Crippen LogP contribution in [-0.2, 0) is 0 Å². The van der Waals surface area contributed by atoms with Crippen molar-refractivity contribution in [1.29, 1.82) is 0 Å². The summed E-state index contributed by atoms with van der Waals surface area (Å²) >= 11 is 0. The third kappa shape index (κ3) is 2.51. The van der Waals surface area contributed by atoms with Gasteiger partial charge in [0, 0.05) is 0 Å². The molecule has 1 unspecified atom stereocenters. The standard InChI is InChI=1S/C14H16O5/c1-16-11-7-9(8-12(17-2)14(11)18-3)13(15)10-5-4-6-19-10/h4-8,13,15H,1-3H3. The van der Waals surface area contributed by atoms with Crippen LogP contribution >= 0.6 is 0 Å². The minimum absolute atomic E-state index is 0.453. The van der Waals surface area contributed by atoms with E-state index in [1.165, 1.54) is 27.6 Å². The van der Waals surface area contributed by atoms with E-state index in [2.05, 4.69) is 0 Å². The van der Waals surface area contributed by atoms with Gasteiger partial charge in [-0.15, -0.1) is 0 Å². The highest BCUT2D eigenvalue weighted by Gasteiger charge is 2.19. The van der Waals surface area contributed by atoms with Gasteiger partial charge in [0.25, 0.3) is 0 Å². The molecule has 0 saturated carbocycles. The van der Waals surface area contributed by atoms with Crippen molar-refractivity contribution < 1.29 is 23.7 Å². The predicted octanol–water partition coefficient (Wildman–Crippen LogP) is 2.39. The van der Waals surface area contributed by atoms with Crippen molar-refractivity contribution in [3.8, 4) is 17.2 Å². The zero-order valence-electron chi connectivity index (χ0n) is 11.0. The molecule has 1 aromatic heterocycles. The summed E-state index contributed by atoms with van der Waals surface area (Å²) < 4.78 is 20.9. The number of benzene rings is 1. The minimum Gasteiger partial charge on any atom is -0.493 e. The Morgan fingerprint density at radius 3 is 2.11 bits per heavy atom. The van der Waals surface area contributed by atoms with Crippen molar-refractivity contribution in [3.05, 3.63) is 41.9 Å². The highest BCUT2D eigenvalue weighted by molar-refractivity contribution is 5.54. The van der Waals surface area contributed by atoms with Gasteiger partial charge in [-0.25, -0.2) is 0 Å². The van der Waals surface area contributed by atoms with Crippen LogP contribution in [0.3, 0.4) is 0 Å². The summed E-state index contributed by atoms with van der Waals surface area (Å²) in [6.07, 6.45) is 0.625. The summed E-state index contributed by atoms with van der Waals surface area (Å²) in [5.74, 6) is 1.92. The first kappa shape index (κ1) is 13.3. The zero-order valence-corrected chi connectivity index (χ0v) is 11.0. The van der Waals surface area contributed by atoms with E-state index in [0.717, 1.165) is 0 Å². The third-order valence-corrected chi connectivity index (χ3v) is 2.82. The Balaban J connectivity index is 2.47. The third-order valence-electron chi connectivity index (χ3n) is 2.82. The molecule has 1 aromatic carbocycles. The molecular weight excluding hydrogens is 248 g/mol. The number of aliphatic hydroxyl groups is 1. The topological polar surface area (TPSA) is 61.1 Å². The Labute approximate surface area is 111 Å². The van der Waals surface area contributed by atoms with E-state index in [1.54, 1.807) is 24.3 Å². The number of ether oxygens (including phenoxy) is 3. The van der Waals surface area contributed by atoms with Crippen molar-refractivity contribution in [2.75, 3.05) is 21.3 Å². The lowest BCUT2D eigenvalue weighted by atomic mass is 10.1. The van der Waals surface area contributed by atoms with Crippen molar-refractivity contribution in [2.45, 2.75) is 6.10 Å². The fraction of sp³-hybridized carbons (Fsp3) is 0.286. The summed E-state index contributed by atoms with van der Waals surface area (Å²) in [6, 6.07) is 6.80. The second-order valence-corrected chi connectivity index (χ2v) is 3.88. The molecule has 0 aliphatic carbocycles. The molecule has 0 fully saturated rings. The molecule has 0 bridgehead atoms. The maximum absolute atomic E-state index is 10.2. The van der Waals surface area contributed by atoms with Crippen molar-refractivity contribution >= 4 is 0 Å². The number of hydrogen-bond acceptors (Lipinski definition) is 5. The van der Waals surface area contributed by atoms with Crippen molar-refractivity contribution in [2.24, 2.45) is 0 Å². The molecular formula is C14H16O5. The van der Waals surface area contributed by atoms with Crippen LogP contribution < -0.4 is 14.2 Å². The minimum atomic E-state index is -0.885. The zero-order chi connectivity index (χ0) is 13.8. The van der Waals surface area contributed by atoms with E-state index in [-0.39, 0.29) is 0 Å². The summed E-state index contributed by atoms with van der Waals surface area (Å²) in [7, 11) is 4.59. The SMILES string of the molecule is COc1cc(C(O)c2ccco2)cc(OC)c1OC. The summed E-state index contributed by atoms with van der Waals surface area (Å²) in [5.41, 5.74) is 0.601. The van der Waals surface area contributed by atoms with Crippen LogP contribution in [0.4, 0.5) is 0 Å². The van der Waals surface area contributed by atoms with Gasteiger partial charge in [0.05, 0.1) is 27.6 Å². The van der Waals surface area contributed by atoms with Crippen LogP contribution in [0.25, 0.3) is 0 Å². The van der Waals surface area contributed by atoms with Crippen LogP contribution in [0.1, 0.15) is 17.4 Å². The maximum atomic E-state index is 10.2. The van der Waals surface area contributed by atoms with Gasteiger partial charge in [-0.05, 0) is 29.8 Å². The number of methoxy groups -OCH3 is 3. The lowest BCUT2D eigenvalue weighted by Gasteiger charge is -2.16. The lowest BCUT2D eigenvalue weighted by molar-refractivity contribution is 0.188. The van der Waals surface area contributed by atoms with Gasteiger partial charge in [-0.2, -0.15) is 0 Å². The Morgan fingerprint density at radius 1 is 1.05 bits per heavy atom. The van der Waals surface area contributed by atoms with Gasteiger partial charge >= 0.3 is 0 Å². The van der Waals surface area contributed by atoms with E-state index >= 15 is 0 Å². The molecule has 5 heteroatoms. The molecule has 1 heterocycles. The first-order chi connectivity index (χ1) is 9.21. The van der Waals surface area contributed by atoms with Gasteiger partial charge in [-0.3, -0.25) is 0 Å². The van der Waals surface area contributed by atoms with Crippen LogP contribution in [0, 0.1) is 0 Å². The molecule has 0 aliphatic heterocycles. The summed E-state index contributed by atoms with van der Waals surface area (Å²) in [5, 5.41) is 10.2. The second-order valence-electron chi connectivity index (χ2n) is 3.88. The quantitative estimate of drug-likeness (QED) is 0.898. The Morgan fingerprint density at radius 2 is 1.68 bits per heavy atom. The van der Waals surface area contributed by atoms with Crippen molar-refractivity contribution in [3.63, 3.8) is 0 Å². The molecule has 2 aromatic rings. The Hall–Kier alpha value is -2.14. The number of aliphatic hydroxyl groups excluding tert-OH is 1. The average molecular weight is 264 g/mol. The molecule has 0 aliphatic rings. The Bertz CT molecular complexity index is 508. The van der Waals surface area contributed by atoms with Gasteiger partial charge < -0.3 is 23.7 Å². The molecule has 0 radical (unpaired) electrons. The average Bonchev–Trinajstić information content (AvgIpc) is 2.98. The molecule has 1 N–H and O–H groups in total. The van der Waals surface area contributed by atoms with Crippen LogP contribution in [-0.4, -0.2) is 26.4 Å². The summed E-state index contributed by atoms with van der Waals surface area (Å²) in [6.45, 7) is 0. The van der Waals surface area contributed by atoms with Crippen molar-refractivity contribution in [1.82, 2.24) is 0 Å². The van der Waals surface area contributed by atoms with Gasteiger partial charge in [0.15, 0.2) is 11.5 Å². The highest BCUT2D eigenvalue weighted by Crippen LogP contribution is 2.40. The molecule has 0 spiro atoms. The normalized spacial score (nSPS) is 12.0. The molecule has 2 rings (SSSR count). The molecule has 102 valence electrons. The number of hydrogen-bond donors (Lipinski definition) is 1. The highest BCUT2D eigenvalue weighted by atomic mass is 16.5. The van der Waals surface area contributed by atoms with E-state index in [0.29, 0.717) is 28.6 Å². The first-order valence-corrected chi connectivity index (χ1v) is 5.72. The van der Waals surface area contributed by atoms with Gasteiger partial charge in [-0.1, -0.05) is 0 Å². The van der Waals surface area contributed by atoms with Crippen LogP contribution in [0.2, 0.25) is 0 Å². The molecule has 19 heavy (non-hydrogen) atoms. The molecule has 0 amide bonds. The number of furan rings is 1. The fourth-order valence-electron chi connectivity index (χ4n) is 1.87. The molecule has 0 saturated heterocycles. The Kier molecular flexibility index (Phi) is 3.97. The molecule has 1 atom stereocenters. The molecule has 5 nitrogen and oxygen atoms in total. The maximum Gasteiger partial charge on any atom is 0.203 e. The fourth-order valence-corrected chi connectivity index (χ4v) is 1.87. The largest absolute Gasteiger partial charge is 0.493 e. The lowest BCUT2D eigenvalue weighted by Crippen LogP contribution is -2.02. The van der Waals surface area contributed by atoms with E-state index in [1.807, 2.05) is 0 Å². The first-order valence-electron chi connectivity index (χ1n) is 5.72. The van der Waals surface area contributed by atoms with E-state index in [4.69, 9.17) is 18.6 Å². The monoisotopic (exact) mass is 264 g/mol. The van der Waals surface area contributed by atoms with Crippen LogP contribution in [0.5, 0.6) is 17.2 Å². The number of rotatable bonds is 5. The van der Waals surface area contributed by atoms with Gasteiger partial charge in [0.2, 0.25) is 5.75 Å². The van der Waals surface area contributed by atoms with Crippen LogP contribution in [0.15, 0.2) is 34.9 Å². The predicted molar refractivity (Wildman–Crippen MR) is 68.9 cm³/mol.